The number of hydrogen-bond acceptors (Lipinski definition) is 5. The minimum atomic E-state index is -0.166. The molecule has 1 fully saturated rings. The topological polar surface area (TPSA) is 70.2 Å². The molecule has 1 aromatic heterocycles. The average Bonchev–Trinajstić information content (AvgIpc) is 2.56. The van der Waals surface area contributed by atoms with Gasteiger partial charge < -0.3 is 15.5 Å². The number of aromatic nitrogens is 2. The van der Waals surface area contributed by atoms with Crippen LogP contribution in [0.4, 0.5) is 11.5 Å². The first kappa shape index (κ1) is 17.7. The van der Waals surface area contributed by atoms with Crippen LogP contribution in [-0.2, 0) is 4.79 Å². The Morgan fingerprint density at radius 1 is 1.13 bits per heavy atom. The summed E-state index contributed by atoms with van der Waals surface area (Å²) in [6.45, 7) is 14.7. The van der Waals surface area contributed by atoms with Gasteiger partial charge in [0.15, 0.2) is 5.82 Å². The van der Waals surface area contributed by atoms with E-state index in [1.165, 1.54) is 0 Å². The highest BCUT2D eigenvalue weighted by Crippen LogP contribution is 2.37. The number of fused-ring (bicyclic) bond motifs is 3. The summed E-state index contributed by atoms with van der Waals surface area (Å²) >= 11 is 0. The van der Waals surface area contributed by atoms with Gasteiger partial charge in [0.1, 0.15) is 17.6 Å². The lowest BCUT2D eigenvalue weighted by Crippen LogP contribution is -2.59. The number of carbonyl (C=O) groups is 1. The van der Waals surface area contributed by atoms with Crippen molar-refractivity contribution in [2.24, 2.45) is 0 Å². The van der Waals surface area contributed by atoms with E-state index in [4.69, 9.17) is 4.98 Å². The van der Waals surface area contributed by atoms with E-state index in [0.717, 1.165) is 36.1 Å². The Hall–Kier alpha value is -1.69. The van der Waals surface area contributed by atoms with E-state index in [2.05, 4.69) is 48.2 Å². The lowest BCUT2D eigenvalue weighted by Gasteiger charge is -2.41. The molecule has 23 heavy (non-hydrogen) atoms. The van der Waals surface area contributed by atoms with Crippen molar-refractivity contribution < 1.29 is 4.79 Å². The fraction of sp³-hybridized carbons (Fsp3) is 0.706. The van der Waals surface area contributed by atoms with Crippen LogP contribution in [0.15, 0.2) is 0 Å². The van der Waals surface area contributed by atoms with Crippen molar-refractivity contribution in [3.05, 3.63) is 11.5 Å². The second-order valence-electron chi connectivity index (χ2n) is 6.38. The molecule has 1 unspecified atom stereocenters. The zero-order valence-corrected chi connectivity index (χ0v) is 15.1. The first-order chi connectivity index (χ1) is 11.0. The molecule has 0 bridgehead atoms. The van der Waals surface area contributed by atoms with Gasteiger partial charge in [-0.25, -0.2) is 9.97 Å². The Morgan fingerprint density at radius 3 is 2.43 bits per heavy atom. The Labute approximate surface area is 139 Å². The maximum Gasteiger partial charge on any atom is 0.248 e. The van der Waals surface area contributed by atoms with Gasteiger partial charge >= 0.3 is 0 Å². The predicted molar refractivity (Wildman–Crippen MR) is 94.2 cm³/mol. The van der Waals surface area contributed by atoms with Gasteiger partial charge in [0.05, 0.1) is 5.69 Å². The SMILES string of the molecule is CC.CC(C)c1nc(C(C)C)c2c(n1)N1CCNCC1C(=O)N2. The fourth-order valence-electron chi connectivity index (χ4n) is 2.89. The van der Waals surface area contributed by atoms with Crippen molar-refractivity contribution in [3.63, 3.8) is 0 Å². The molecule has 1 atom stereocenters. The average molecular weight is 319 g/mol. The molecule has 1 saturated heterocycles. The molecule has 3 heterocycles. The lowest BCUT2D eigenvalue weighted by atomic mass is 10.0. The molecule has 6 heteroatoms. The maximum absolute atomic E-state index is 12.3. The molecule has 6 nitrogen and oxygen atoms in total. The van der Waals surface area contributed by atoms with E-state index >= 15 is 0 Å². The highest BCUT2D eigenvalue weighted by Gasteiger charge is 2.37. The number of piperazine rings is 1. The summed E-state index contributed by atoms with van der Waals surface area (Å²) < 4.78 is 0. The summed E-state index contributed by atoms with van der Waals surface area (Å²) in [7, 11) is 0. The first-order valence-electron chi connectivity index (χ1n) is 8.69. The van der Waals surface area contributed by atoms with Crippen molar-refractivity contribution in [3.8, 4) is 0 Å². The minimum Gasteiger partial charge on any atom is -0.340 e. The third-order valence-corrected chi connectivity index (χ3v) is 4.06. The Morgan fingerprint density at radius 2 is 1.83 bits per heavy atom. The monoisotopic (exact) mass is 319 g/mol. The van der Waals surface area contributed by atoms with Gasteiger partial charge in [-0.15, -0.1) is 0 Å². The number of nitrogens with zero attached hydrogens (tertiary/aromatic N) is 3. The van der Waals surface area contributed by atoms with Crippen LogP contribution in [-0.4, -0.2) is 41.6 Å². The van der Waals surface area contributed by atoms with Crippen LogP contribution in [0.5, 0.6) is 0 Å². The van der Waals surface area contributed by atoms with Gasteiger partial charge in [0.2, 0.25) is 5.91 Å². The molecule has 2 aliphatic heterocycles. The van der Waals surface area contributed by atoms with Gasteiger partial charge in [-0.1, -0.05) is 41.5 Å². The van der Waals surface area contributed by atoms with Crippen LogP contribution in [0.25, 0.3) is 0 Å². The quantitative estimate of drug-likeness (QED) is 0.876. The summed E-state index contributed by atoms with van der Waals surface area (Å²) in [5.41, 5.74) is 1.74. The summed E-state index contributed by atoms with van der Waals surface area (Å²) in [6, 6.07) is -0.166. The molecule has 0 radical (unpaired) electrons. The summed E-state index contributed by atoms with van der Waals surface area (Å²) in [5.74, 6) is 2.30. The maximum atomic E-state index is 12.3. The van der Waals surface area contributed by atoms with E-state index in [1.807, 2.05) is 13.8 Å². The van der Waals surface area contributed by atoms with Crippen molar-refractivity contribution in [1.82, 2.24) is 15.3 Å². The second kappa shape index (κ2) is 7.25. The van der Waals surface area contributed by atoms with Gasteiger partial charge in [-0.3, -0.25) is 4.79 Å². The third-order valence-electron chi connectivity index (χ3n) is 4.06. The van der Waals surface area contributed by atoms with E-state index in [0.29, 0.717) is 6.54 Å². The number of nitrogens with one attached hydrogen (secondary N) is 2. The number of carbonyl (C=O) groups excluding carboxylic acids is 1. The minimum absolute atomic E-state index is 0.0393. The third kappa shape index (κ3) is 3.32. The Balaban J connectivity index is 0.000000924. The highest BCUT2D eigenvalue weighted by atomic mass is 16.2. The number of hydrogen-bond donors (Lipinski definition) is 2. The fourth-order valence-corrected chi connectivity index (χ4v) is 2.89. The van der Waals surface area contributed by atoms with E-state index in [9.17, 15) is 4.79 Å². The predicted octanol–water partition coefficient (Wildman–Crippen LogP) is 2.48. The molecule has 3 rings (SSSR count). The van der Waals surface area contributed by atoms with Crippen LogP contribution in [0.1, 0.15) is 64.9 Å². The zero-order valence-electron chi connectivity index (χ0n) is 15.1. The molecule has 1 amide bonds. The van der Waals surface area contributed by atoms with Gasteiger partial charge in [-0.05, 0) is 5.92 Å². The first-order valence-corrected chi connectivity index (χ1v) is 8.69. The van der Waals surface area contributed by atoms with Gasteiger partial charge in [-0.2, -0.15) is 0 Å². The molecule has 2 N–H and O–H groups in total. The van der Waals surface area contributed by atoms with Crippen molar-refractivity contribution in [2.75, 3.05) is 29.9 Å². The van der Waals surface area contributed by atoms with Crippen LogP contribution in [0, 0.1) is 0 Å². The number of amides is 1. The zero-order chi connectivity index (χ0) is 17.1. The normalized spacial score (nSPS) is 19.7. The molecule has 0 aliphatic carbocycles. The molecule has 128 valence electrons. The van der Waals surface area contributed by atoms with Crippen molar-refractivity contribution in [2.45, 2.75) is 59.4 Å². The number of anilines is 2. The molecule has 0 spiro atoms. The molecule has 0 saturated carbocycles. The van der Waals surface area contributed by atoms with Crippen molar-refractivity contribution >= 4 is 17.4 Å². The van der Waals surface area contributed by atoms with Gasteiger partial charge in [0, 0.05) is 25.6 Å². The standard InChI is InChI=1S/C15H23N5O.C2H6/c1-8(2)11-12-14(19-13(17-11)9(3)4)20-6-5-16-7-10(20)15(21)18-12;1-2/h8-10,16H,5-7H2,1-4H3,(H,18,21);1-2H3. The molecular weight excluding hydrogens is 290 g/mol. The Kier molecular flexibility index (Phi) is 5.57. The van der Waals surface area contributed by atoms with Crippen LogP contribution >= 0.6 is 0 Å². The largest absolute Gasteiger partial charge is 0.340 e. The smallest absolute Gasteiger partial charge is 0.248 e. The summed E-state index contributed by atoms with van der Waals surface area (Å²) in [4.78, 5) is 23.9. The molecule has 0 aromatic carbocycles. The summed E-state index contributed by atoms with van der Waals surface area (Å²) in [5, 5.41) is 6.30. The Bertz CT molecular complexity index is 570. The van der Waals surface area contributed by atoms with Crippen molar-refractivity contribution in [1.29, 1.82) is 0 Å². The number of rotatable bonds is 2. The molecule has 2 aliphatic rings. The van der Waals surface area contributed by atoms with E-state index in [-0.39, 0.29) is 23.8 Å². The van der Waals surface area contributed by atoms with Crippen LogP contribution in [0.2, 0.25) is 0 Å². The van der Waals surface area contributed by atoms with Gasteiger partial charge in [0.25, 0.3) is 0 Å². The lowest BCUT2D eigenvalue weighted by molar-refractivity contribution is -0.117. The summed E-state index contributed by atoms with van der Waals surface area (Å²) in [6.07, 6.45) is 0. The van der Waals surface area contributed by atoms with Crippen LogP contribution < -0.4 is 15.5 Å². The van der Waals surface area contributed by atoms with E-state index < -0.39 is 0 Å². The molecule has 1 aromatic rings. The van der Waals surface area contributed by atoms with Crippen LogP contribution in [0.3, 0.4) is 0 Å². The van der Waals surface area contributed by atoms with E-state index in [1.54, 1.807) is 0 Å². The highest BCUT2D eigenvalue weighted by molar-refractivity contribution is 6.03. The second-order valence-corrected chi connectivity index (χ2v) is 6.38. The molecular formula is C17H29N5O.